The lowest BCUT2D eigenvalue weighted by Gasteiger charge is -2.37. The second-order valence-electron chi connectivity index (χ2n) is 7.15. The van der Waals surface area contributed by atoms with E-state index in [1.807, 2.05) is 12.3 Å². The third-order valence-corrected chi connectivity index (χ3v) is 5.25. The zero-order valence-corrected chi connectivity index (χ0v) is 13.0. The molecular weight excluding hydrogens is 260 g/mol. The number of fused-ring (bicyclic) bond motifs is 1. The fourth-order valence-electron chi connectivity index (χ4n) is 3.71. The molecule has 2 aromatic heterocycles. The van der Waals surface area contributed by atoms with E-state index in [-0.39, 0.29) is 5.41 Å². The number of nitrogens with zero attached hydrogens (tertiary/aromatic N) is 3. The van der Waals surface area contributed by atoms with Crippen molar-refractivity contribution in [3.63, 3.8) is 0 Å². The van der Waals surface area contributed by atoms with Crippen LogP contribution in [0.1, 0.15) is 51.4 Å². The molecule has 21 heavy (non-hydrogen) atoms. The van der Waals surface area contributed by atoms with Gasteiger partial charge in [-0.1, -0.05) is 13.8 Å². The molecule has 2 aromatic rings. The highest BCUT2D eigenvalue weighted by molar-refractivity contribution is 5.72. The van der Waals surface area contributed by atoms with Crippen LogP contribution in [0.2, 0.25) is 0 Å². The minimum Gasteiger partial charge on any atom is -0.316 e. The van der Waals surface area contributed by atoms with E-state index in [0.717, 1.165) is 24.3 Å². The lowest BCUT2D eigenvalue weighted by atomic mass is 9.74. The second-order valence-corrected chi connectivity index (χ2v) is 7.15. The van der Waals surface area contributed by atoms with Crippen molar-refractivity contribution in [2.45, 2.75) is 51.0 Å². The Kier molecular flexibility index (Phi) is 3.03. The van der Waals surface area contributed by atoms with Gasteiger partial charge in [-0.05, 0) is 56.8 Å². The maximum atomic E-state index is 4.99. The molecule has 0 spiro atoms. The van der Waals surface area contributed by atoms with Crippen LogP contribution in [0.15, 0.2) is 18.3 Å². The number of nitrogens with one attached hydrogen (secondary N) is 1. The Labute approximate surface area is 126 Å². The van der Waals surface area contributed by atoms with E-state index >= 15 is 0 Å². The topological polar surface area (TPSA) is 42.7 Å². The number of hydrogen-bond donors (Lipinski definition) is 1. The van der Waals surface area contributed by atoms with Crippen molar-refractivity contribution in [1.82, 2.24) is 19.9 Å². The van der Waals surface area contributed by atoms with Crippen molar-refractivity contribution < 1.29 is 0 Å². The molecule has 112 valence electrons. The summed E-state index contributed by atoms with van der Waals surface area (Å²) in [5.41, 5.74) is 2.22. The van der Waals surface area contributed by atoms with Crippen molar-refractivity contribution in [3.8, 4) is 0 Å². The van der Waals surface area contributed by atoms with Gasteiger partial charge in [-0.25, -0.2) is 9.97 Å². The number of hydrogen-bond acceptors (Lipinski definition) is 3. The second kappa shape index (κ2) is 4.80. The molecule has 1 atom stereocenters. The molecule has 4 nitrogen and oxygen atoms in total. The molecule has 1 saturated heterocycles. The summed E-state index contributed by atoms with van der Waals surface area (Å²) in [7, 11) is 0. The van der Waals surface area contributed by atoms with Crippen molar-refractivity contribution in [3.05, 3.63) is 24.2 Å². The number of rotatable bonds is 3. The van der Waals surface area contributed by atoms with E-state index in [4.69, 9.17) is 4.98 Å². The first kappa shape index (κ1) is 13.3. The predicted octanol–water partition coefficient (Wildman–Crippen LogP) is 3.04. The van der Waals surface area contributed by atoms with Crippen LogP contribution in [0.25, 0.3) is 11.2 Å². The van der Waals surface area contributed by atoms with E-state index in [2.05, 4.69) is 34.8 Å². The quantitative estimate of drug-likeness (QED) is 0.942. The summed E-state index contributed by atoms with van der Waals surface area (Å²) in [6, 6.07) is 4.71. The van der Waals surface area contributed by atoms with Gasteiger partial charge < -0.3 is 9.88 Å². The van der Waals surface area contributed by atoms with Gasteiger partial charge in [-0.15, -0.1) is 0 Å². The molecule has 0 radical (unpaired) electrons. The van der Waals surface area contributed by atoms with Gasteiger partial charge in [0, 0.05) is 17.7 Å². The zero-order valence-electron chi connectivity index (χ0n) is 13.0. The van der Waals surface area contributed by atoms with Gasteiger partial charge >= 0.3 is 0 Å². The minimum atomic E-state index is 0.0940. The fourth-order valence-corrected chi connectivity index (χ4v) is 3.71. The van der Waals surface area contributed by atoms with Crippen molar-refractivity contribution in [1.29, 1.82) is 0 Å². The molecule has 0 amide bonds. The Hall–Kier alpha value is -1.42. The van der Waals surface area contributed by atoms with Crippen molar-refractivity contribution >= 4 is 11.2 Å². The smallest absolute Gasteiger partial charge is 0.160 e. The Morgan fingerprint density at radius 1 is 1.29 bits per heavy atom. The molecule has 2 aliphatic rings. The third kappa shape index (κ3) is 2.16. The fraction of sp³-hybridized carbons (Fsp3) is 0.647. The van der Waals surface area contributed by atoms with Crippen LogP contribution in [0.4, 0.5) is 0 Å². The molecule has 4 rings (SSSR count). The average molecular weight is 284 g/mol. The Morgan fingerprint density at radius 2 is 2.14 bits per heavy atom. The lowest BCUT2D eigenvalue weighted by molar-refractivity contribution is 0.236. The maximum Gasteiger partial charge on any atom is 0.160 e. The van der Waals surface area contributed by atoms with E-state index < -0.39 is 0 Å². The molecule has 1 aliphatic heterocycles. The summed E-state index contributed by atoms with van der Waals surface area (Å²) in [5, 5.41) is 3.56. The van der Waals surface area contributed by atoms with E-state index in [1.165, 1.54) is 31.5 Å². The number of pyridine rings is 1. The van der Waals surface area contributed by atoms with Gasteiger partial charge in [0.2, 0.25) is 0 Å². The Morgan fingerprint density at radius 3 is 2.86 bits per heavy atom. The van der Waals surface area contributed by atoms with E-state index in [0.29, 0.717) is 12.0 Å². The van der Waals surface area contributed by atoms with Crippen LogP contribution >= 0.6 is 0 Å². The van der Waals surface area contributed by atoms with Crippen LogP contribution < -0.4 is 5.32 Å². The minimum absolute atomic E-state index is 0.0940. The van der Waals surface area contributed by atoms with Gasteiger partial charge in [0.05, 0.1) is 0 Å². The first-order valence-corrected chi connectivity index (χ1v) is 8.22. The van der Waals surface area contributed by atoms with Crippen LogP contribution in [0.5, 0.6) is 0 Å². The van der Waals surface area contributed by atoms with Gasteiger partial charge in [0.25, 0.3) is 0 Å². The van der Waals surface area contributed by atoms with Gasteiger partial charge in [-0.3, -0.25) is 0 Å². The summed E-state index contributed by atoms with van der Waals surface area (Å²) in [6.45, 7) is 7.00. The maximum absolute atomic E-state index is 4.99. The van der Waals surface area contributed by atoms with Crippen LogP contribution in [0.3, 0.4) is 0 Å². The van der Waals surface area contributed by atoms with Gasteiger partial charge in [-0.2, -0.15) is 0 Å². The lowest BCUT2D eigenvalue weighted by Crippen LogP contribution is -2.42. The number of piperidine rings is 1. The average Bonchev–Trinajstić information content (AvgIpc) is 3.27. The normalized spacial score (nSPS) is 23.6. The molecule has 1 N–H and O–H groups in total. The molecule has 0 bridgehead atoms. The summed E-state index contributed by atoms with van der Waals surface area (Å²) >= 11 is 0. The predicted molar refractivity (Wildman–Crippen MR) is 84.4 cm³/mol. The van der Waals surface area contributed by atoms with E-state index in [9.17, 15) is 0 Å². The summed E-state index contributed by atoms with van der Waals surface area (Å²) in [5.74, 6) is 1.90. The zero-order chi connectivity index (χ0) is 14.4. The largest absolute Gasteiger partial charge is 0.316 e. The van der Waals surface area contributed by atoms with Crippen LogP contribution in [-0.4, -0.2) is 27.6 Å². The Balaban J connectivity index is 1.82. The molecule has 1 aliphatic carbocycles. The monoisotopic (exact) mass is 284 g/mol. The summed E-state index contributed by atoms with van der Waals surface area (Å²) in [6.07, 6.45) is 7.00. The van der Waals surface area contributed by atoms with Crippen LogP contribution in [0, 0.1) is 5.92 Å². The molecule has 1 saturated carbocycles. The molecule has 2 fully saturated rings. The molecule has 4 heteroatoms. The SMILES string of the molecule is CC(C)(c1nc2cccnc2n1C1CC1)C1CCCNC1. The first-order valence-electron chi connectivity index (χ1n) is 8.22. The molecule has 1 unspecified atom stereocenters. The van der Waals surface area contributed by atoms with Gasteiger partial charge in [0.1, 0.15) is 11.3 Å². The molecular formula is C17H24N4. The van der Waals surface area contributed by atoms with Crippen molar-refractivity contribution in [2.24, 2.45) is 5.92 Å². The van der Waals surface area contributed by atoms with Crippen LogP contribution in [-0.2, 0) is 5.41 Å². The highest BCUT2D eigenvalue weighted by Crippen LogP contribution is 2.43. The number of aromatic nitrogens is 3. The first-order chi connectivity index (χ1) is 10.2. The third-order valence-electron chi connectivity index (χ3n) is 5.25. The summed E-state index contributed by atoms with van der Waals surface area (Å²) < 4.78 is 2.43. The summed E-state index contributed by atoms with van der Waals surface area (Å²) in [4.78, 5) is 9.60. The molecule has 0 aromatic carbocycles. The van der Waals surface area contributed by atoms with Crippen molar-refractivity contribution in [2.75, 3.05) is 13.1 Å². The number of imidazole rings is 1. The highest BCUT2D eigenvalue weighted by Gasteiger charge is 2.40. The standard InChI is InChI=1S/C17H24N4/c1-17(2,12-5-3-9-18-11-12)16-20-14-6-4-10-19-15(14)21(16)13-7-8-13/h4,6,10,12-13,18H,3,5,7-9,11H2,1-2H3. The van der Waals surface area contributed by atoms with Gasteiger partial charge in [0.15, 0.2) is 5.65 Å². The Bertz CT molecular complexity index is 648. The highest BCUT2D eigenvalue weighted by atomic mass is 15.2. The van der Waals surface area contributed by atoms with E-state index in [1.54, 1.807) is 0 Å². The molecule has 3 heterocycles.